The van der Waals surface area contributed by atoms with Crippen molar-refractivity contribution in [1.29, 1.82) is 0 Å². The maximum atomic E-state index is 13.1. The lowest BCUT2D eigenvalue weighted by Gasteiger charge is -2.19. The molecule has 0 heterocycles. The van der Waals surface area contributed by atoms with Crippen molar-refractivity contribution in [2.45, 2.75) is 26.0 Å². The average molecular weight is 256 g/mol. The van der Waals surface area contributed by atoms with Gasteiger partial charge in [-0.05, 0) is 32.0 Å². The summed E-state index contributed by atoms with van der Waals surface area (Å²) in [6.45, 7) is 3.58. The van der Waals surface area contributed by atoms with Crippen molar-refractivity contribution >= 4 is 6.09 Å². The minimum atomic E-state index is -1.11. The number of carboxylic acid groups (broad SMARTS) is 1. The highest BCUT2D eigenvalue weighted by atomic mass is 19.1. The van der Waals surface area contributed by atoms with Crippen molar-refractivity contribution in [3.63, 3.8) is 0 Å². The van der Waals surface area contributed by atoms with E-state index in [1.165, 1.54) is 18.2 Å². The number of nitrogens with two attached hydrogens (primary N) is 1. The molecular formula is C12H17FN2O3. The molecule has 4 N–H and O–H groups in total. The summed E-state index contributed by atoms with van der Waals surface area (Å²) in [5.74, 6) is 0.0806. The number of rotatable bonds is 5. The Hall–Kier alpha value is -1.82. The van der Waals surface area contributed by atoms with Crippen LogP contribution in [0.3, 0.4) is 0 Å². The highest BCUT2D eigenvalue weighted by Crippen LogP contribution is 2.25. The largest absolute Gasteiger partial charge is 0.489 e. The number of hydrogen-bond donors (Lipinski definition) is 3. The van der Waals surface area contributed by atoms with Crippen molar-refractivity contribution < 1.29 is 19.0 Å². The molecule has 0 aliphatic heterocycles. The minimum Gasteiger partial charge on any atom is -0.489 e. The van der Waals surface area contributed by atoms with E-state index in [1.807, 2.05) is 0 Å². The summed E-state index contributed by atoms with van der Waals surface area (Å²) in [5.41, 5.74) is 6.28. The number of carbonyl (C=O) groups is 1. The Balaban J connectivity index is 2.74. The van der Waals surface area contributed by atoms with Gasteiger partial charge in [-0.2, -0.15) is 0 Å². The van der Waals surface area contributed by atoms with Gasteiger partial charge < -0.3 is 20.9 Å². The summed E-state index contributed by atoms with van der Waals surface area (Å²) in [7, 11) is 0. The summed E-state index contributed by atoms with van der Waals surface area (Å²) >= 11 is 0. The first-order valence-corrected chi connectivity index (χ1v) is 5.58. The van der Waals surface area contributed by atoms with Gasteiger partial charge in [0.2, 0.25) is 0 Å². The number of amides is 1. The van der Waals surface area contributed by atoms with Gasteiger partial charge in [0.1, 0.15) is 17.7 Å². The van der Waals surface area contributed by atoms with Crippen LogP contribution in [0.2, 0.25) is 0 Å². The Morgan fingerprint density at radius 1 is 1.56 bits per heavy atom. The van der Waals surface area contributed by atoms with Gasteiger partial charge in [-0.3, -0.25) is 0 Å². The fraction of sp³-hybridized carbons (Fsp3) is 0.417. The van der Waals surface area contributed by atoms with Crippen molar-refractivity contribution in [3.05, 3.63) is 29.6 Å². The number of nitrogens with one attached hydrogen (secondary N) is 1. The predicted octanol–water partition coefficient (Wildman–Crippen LogP) is 1.88. The van der Waals surface area contributed by atoms with Crippen LogP contribution in [0.25, 0.3) is 0 Å². The lowest BCUT2D eigenvalue weighted by molar-refractivity contribution is 0.178. The molecule has 0 bridgehead atoms. The summed E-state index contributed by atoms with van der Waals surface area (Å²) < 4.78 is 18.6. The molecule has 2 atom stereocenters. The monoisotopic (exact) mass is 256 g/mol. The number of halogens is 1. The third-order valence-corrected chi connectivity index (χ3v) is 2.33. The van der Waals surface area contributed by atoms with E-state index in [-0.39, 0.29) is 24.5 Å². The molecule has 1 amide bonds. The maximum Gasteiger partial charge on any atom is 0.404 e. The zero-order valence-electron chi connectivity index (χ0n) is 10.3. The molecule has 5 nitrogen and oxygen atoms in total. The van der Waals surface area contributed by atoms with Crippen LogP contribution < -0.4 is 15.8 Å². The van der Waals surface area contributed by atoms with E-state index in [0.717, 1.165) is 0 Å². The first-order valence-electron chi connectivity index (χ1n) is 5.58. The van der Waals surface area contributed by atoms with Gasteiger partial charge in [-0.1, -0.05) is 0 Å². The Kier molecular flexibility index (Phi) is 4.91. The van der Waals surface area contributed by atoms with Gasteiger partial charge in [-0.15, -0.1) is 0 Å². The first kappa shape index (κ1) is 14.2. The molecule has 1 rings (SSSR count). The summed E-state index contributed by atoms with van der Waals surface area (Å²) in [4.78, 5) is 10.3. The normalized spacial score (nSPS) is 13.8. The molecule has 0 aliphatic carbocycles. The van der Waals surface area contributed by atoms with Crippen LogP contribution in [0.5, 0.6) is 5.75 Å². The van der Waals surface area contributed by atoms with Crippen LogP contribution in [-0.2, 0) is 0 Å². The molecule has 0 fully saturated rings. The van der Waals surface area contributed by atoms with Gasteiger partial charge in [0.25, 0.3) is 0 Å². The van der Waals surface area contributed by atoms with Crippen LogP contribution in [0, 0.1) is 5.82 Å². The third kappa shape index (κ3) is 4.21. The Morgan fingerprint density at radius 2 is 2.22 bits per heavy atom. The van der Waals surface area contributed by atoms with Gasteiger partial charge in [0, 0.05) is 11.6 Å². The Labute approximate surface area is 105 Å². The Morgan fingerprint density at radius 3 is 2.78 bits per heavy atom. The minimum absolute atomic E-state index is 0.144. The second kappa shape index (κ2) is 6.20. The van der Waals surface area contributed by atoms with Crippen LogP contribution in [0.1, 0.15) is 25.5 Å². The van der Waals surface area contributed by atoms with E-state index in [2.05, 4.69) is 5.32 Å². The second-order valence-corrected chi connectivity index (χ2v) is 4.09. The molecule has 6 heteroatoms. The molecule has 1 aromatic rings. The highest BCUT2D eigenvalue weighted by Gasteiger charge is 2.13. The molecule has 0 spiro atoms. The maximum absolute atomic E-state index is 13.1. The van der Waals surface area contributed by atoms with Crippen molar-refractivity contribution in [3.8, 4) is 5.75 Å². The van der Waals surface area contributed by atoms with Crippen molar-refractivity contribution in [2.24, 2.45) is 5.73 Å². The quantitative estimate of drug-likeness (QED) is 0.751. The smallest absolute Gasteiger partial charge is 0.404 e. The zero-order valence-corrected chi connectivity index (χ0v) is 10.3. The van der Waals surface area contributed by atoms with Gasteiger partial charge in [0.15, 0.2) is 0 Å². The van der Waals surface area contributed by atoms with Gasteiger partial charge in [0.05, 0.1) is 6.54 Å². The van der Waals surface area contributed by atoms with Crippen LogP contribution in [-0.4, -0.2) is 23.8 Å². The number of benzene rings is 1. The lowest BCUT2D eigenvalue weighted by Crippen LogP contribution is -2.32. The molecule has 18 heavy (non-hydrogen) atoms. The van der Waals surface area contributed by atoms with Crippen LogP contribution in [0.4, 0.5) is 9.18 Å². The standard InChI is InChI=1S/C12H17FN2O3/c1-7(6-15-12(16)17)18-11-4-3-9(13)5-10(11)8(2)14/h3-5,7-8,15H,6,14H2,1-2H3,(H,16,17)/t7-,8+/m0/s1. The topological polar surface area (TPSA) is 84.6 Å². The summed E-state index contributed by atoms with van der Waals surface area (Å²) in [5, 5.41) is 10.7. The fourth-order valence-corrected chi connectivity index (χ4v) is 1.47. The fourth-order valence-electron chi connectivity index (χ4n) is 1.47. The Bertz CT molecular complexity index is 424. The average Bonchev–Trinajstić information content (AvgIpc) is 2.28. The molecule has 0 aliphatic rings. The van der Waals surface area contributed by atoms with E-state index >= 15 is 0 Å². The SMILES string of the molecule is C[C@@H](CNC(=O)O)Oc1ccc(F)cc1[C@@H](C)N. The first-order chi connectivity index (χ1) is 8.40. The van der Waals surface area contributed by atoms with Crippen molar-refractivity contribution in [2.75, 3.05) is 6.54 Å². The number of hydrogen-bond acceptors (Lipinski definition) is 3. The van der Waals surface area contributed by atoms with Crippen LogP contribution in [0.15, 0.2) is 18.2 Å². The highest BCUT2D eigenvalue weighted by molar-refractivity contribution is 5.64. The summed E-state index contributed by atoms with van der Waals surface area (Å²) in [6.07, 6.45) is -1.49. The molecule has 100 valence electrons. The molecule has 0 aromatic heterocycles. The third-order valence-electron chi connectivity index (χ3n) is 2.33. The molecular weight excluding hydrogens is 239 g/mol. The van der Waals surface area contributed by atoms with Gasteiger partial charge >= 0.3 is 6.09 Å². The predicted molar refractivity (Wildman–Crippen MR) is 65.1 cm³/mol. The van der Waals surface area contributed by atoms with E-state index < -0.39 is 6.09 Å². The second-order valence-electron chi connectivity index (χ2n) is 4.09. The van der Waals surface area contributed by atoms with E-state index in [0.29, 0.717) is 11.3 Å². The van der Waals surface area contributed by atoms with E-state index in [4.69, 9.17) is 15.6 Å². The molecule has 1 aromatic carbocycles. The van der Waals surface area contributed by atoms with E-state index in [9.17, 15) is 9.18 Å². The lowest BCUT2D eigenvalue weighted by atomic mass is 10.1. The molecule has 0 unspecified atom stereocenters. The van der Waals surface area contributed by atoms with Gasteiger partial charge in [-0.25, -0.2) is 9.18 Å². The van der Waals surface area contributed by atoms with E-state index in [1.54, 1.807) is 13.8 Å². The number of ether oxygens (including phenoxy) is 1. The van der Waals surface area contributed by atoms with Crippen LogP contribution >= 0.6 is 0 Å². The zero-order chi connectivity index (χ0) is 13.7. The molecule has 0 saturated heterocycles. The summed E-state index contributed by atoms with van der Waals surface area (Å²) in [6, 6.07) is 3.72. The van der Waals surface area contributed by atoms with Crippen molar-refractivity contribution in [1.82, 2.24) is 5.32 Å². The molecule has 0 radical (unpaired) electrons. The molecule has 0 saturated carbocycles.